The van der Waals surface area contributed by atoms with Crippen molar-refractivity contribution in [3.8, 4) is 0 Å². The Morgan fingerprint density at radius 3 is 2.38 bits per heavy atom. The number of nitrogens with two attached hydrogens (primary N) is 1. The van der Waals surface area contributed by atoms with E-state index in [1.54, 1.807) is 7.11 Å². The summed E-state index contributed by atoms with van der Waals surface area (Å²) in [5, 5.41) is 3.19. The molecule has 1 rings (SSSR count). The Bertz CT molecular complexity index is 436. The van der Waals surface area contributed by atoms with Crippen LogP contribution >= 0.6 is 0 Å². The molecule has 0 radical (unpaired) electrons. The van der Waals surface area contributed by atoms with Gasteiger partial charge in [0, 0.05) is 12.4 Å². The van der Waals surface area contributed by atoms with Crippen LogP contribution in [0, 0.1) is 0 Å². The van der Waals surface area contributed by atoms with E-state index in [1.807, 2.05) is 31.6 Å². The van der Waals surface area contributed by atoms with E-state index < -0.39 is 0 Å². The van der Waals surface area contributed by atoms with E-state index in [-0.39, 0.29) is 12.1 Å². The Balaban J connectivity index is 2.25. The normalized spacial score (nSPS) is 13.0. The van der Waals surface area contributed by atoms with E-state index in [1.165, 1.54) is 50.5 Å². The molecule has 1 aromatic heterocycles. The number of pyridine rings is 1. The zero-order valence-corrected chi connectivity index (χ0v) is 15.3. The van der Waals surface area contributed by atoms with Crippen LogP contribution in [0.15, 0.2) is 29.5 Å². The first-order chi connectivity index (χ1) is 11.8. The van der Waals surface area contributed by atoms with Gasteiger partial charge in [0.1, 0.15) is 0 Å². The average Bonchev–Trinajstić information content (AvgIpc) is 2.61. The maximum Gasteiger partial charge on any atom is 0.281 e. The Morgan fingerprint density at radius 2 is 1.75 bits per heavy atom. The zero-order valence-electron chi connectivity index (χ0n) is 15.3. The van der Waals surface area contributed by atoms with Crippen LogP contribution in [-0.2, 0) is 11.2 Å². The quantitative estimate of drug-likeness (QED) is 0.330. The highest BCUT2D eigenvalue weighted by molar-refractivity contribution is 5.71. The first kappa shape index (κ1) is 20.4. The van der Waals surface area contributed by atoms with Crippen LogP contribution in [0.3, 0.4) is 0 Å². The van der Waals surface area contributed by atoms with Crippen molar-refractivity contribution in [3.63, 3.8) is 0 Å². The van der Waals surface area contributed by atoms with E-state index in [4.69, 9.17) is 10.5 Å². The van der Waals surface area contributed by atoms with Crippen molar-refractivity contribution in [1.82, 2.24) is 10.3 Å². The molecule has 0 spiro atoms. The summed E-state index contributed by atoms with van der Waals surface area (Å²) in [7, 11) is 3.58. The second kappa shape index (κ2) is 13.8. The van der Waals surface area contributed by atoms with Crippen LogP contribution in [0.1, 0.15) is 56.9 Å². The summed E-state index contributed by atoms with van der Waals surface area (Å²) in [4.78, 5) is 8.57. The van der Waals surface area contributed by atoms with Crippen molar-refractivity contribution in [1.29, 1.82) is 0 Å². The molecule has 24 heavy (non-hydrogen) atoms. The Labute approximate surface area is 147 Å². The molecular weight excluding hydrogens is 300 g/mol. The SMILES string of the molecule is CNCCCCCCCCCC(Cc1ccncc1)N=C(N)OC. The summed E-state index contributed by atoms with van der Waals surface area (Å²) >= 11 is 0. The smallest absolute Gasteiger partial charge is 0.281 e. The molecule has 1 atom stereocenters. The average molecular weight is 335 g/mol. The van der Waals surface area contributed by atoms with Crippen molar-refractivity contribution < 1.29 is 4.74 Å². The molecule has 0 aliphatic carbocycles. The van der Waals surface area contributed by atoms with Crippen molar-refractivity contribution in [3.05, 3.63) is 30.1 Å². The fourth-order valence-electron chi connectivity index (χ4n) is 2.80. The van der Waals surface area contributed by atoms with Gasteiger partial charge in [-0.2, -0.15) is 0 Å². The number of amidine groups is 1. The van der Waals surface area contributed by atoms with Crippen molar-refractivity contribution in [2.24, 2.45) is 10.7 Å². The van der Waals surface area contributed by atoms with Crippen LogP contribution in [-0.4, -0.2) is 37.7 Å². The number of nitrogens with one attached hydrogen (secondary N) is 1. The third-order valence-electron chi connectivity index (χ3n) is 4.20. The van der Waals surface area contributed by atoms with Gasteiger partial charge in [-0.15, -0.1) is 0 Å². The summed E-state index contributed by atoms with van der Waals surface area (Å²) < 4.78 is 5.02. The maximum atomic E-state index is 5.75. The number of unbranched alkanes of at least 4 members (excludes halogenated alkanes) is 6. The Morgan fingerprint density at radius 1 is 1.12 bits per heavy atom. The zero-order chi connectivity index (χ0) is 17.5. The fourth-order valence-corrected chi connectivity index (χ4v) is 2.80. The van der Waals surface area contributed by atoms with Gasteiger partial charge >= 0.3 is 0 Å². The highest BCUT2D eigenvalue weighted by atomic mass is 16.5. The molecule has 136 valence electrons. The largest absolute Gasteiger partial charge is 0.469 e. The summed E-state index contributed by atoms with van der Waals surface area (Å²) in [5.41, 5.74) is 6.99. The van der Waals surface area contributed by atoms with Gasteiger partial charge in [0.25, 0.3) is 6.02 Å². The minimum atomic E-state index is 0.183. The molecule has 0 amide bonds. The predicted octanol–water partition coefficient (Wildman–Crippen LogP) is 3.29. The van der Waals surface area contributed by atoms with Gasteiger partial charge in [0.2, 0.25) is 0 Å². The van der Waals surface area contributed by atoms with Gasteiger partial charge in [0.15, 0.2) is 0 Å². The summed E-state index contributed by atoms with van der Waals surface area (Å²) in [6, 6.07) is 4.54. The van der Waals surface area contributed by atoms with Gasteiger partial charge in [-0.1, -0.05) is 38.5 Å². The van der Waals surface area contributed by atoms with Crippen LogP contribution in [0.2, 0.25) is 0 Å². The highest BCUT2D eigenvalue weighted by Crippen LogP contribution is 2.14. The predicted molar refractivity (Wildman–Crippen MR) is 101 cm³/mol. The number of nitrogens with zero attached hydrogens (tertiary/aromatic N) is 2. The third kappa shape index (κ3) is 10.2. The van der Waals surface area contributed by atoms with E-state index >= 15 is 0 Å². The minimum absolute atomic E-state index is 0.183. The Hall–Kier alpha value is -1.62. The molecule has 0 aliphatic heterocycles. The first-order valence-corrected chi connectivity index (χ1v) is 9.17. The van der Waals surface area contributed by atoms with Gasteiger partial charge in [-0.05, 0) is 50.6 Å². The van der Waals surface area contributed by atoms with Gasteiger partial charge in [-0.25, -0.2) is 4.99 Å². The number of hydrogen-bond acceptors (Lipinski definition) is 4. The molecule has 0 aliphatic rings. The summed E-state index contributed by atoms with van der Waals surface area (Å²) in [6.45, 7) is 1.13. The van der Waals surface area contributed by atoms with E-state index in [9.17, 15) is 0 Å². The molecule has 5 nitrogen and oxygen atoms in total. The Kier molecular flexibility index (Phi) is 11.7. The highest BCUT2D eigenvalue weighted by Gasteiger charge is 2.09. The minimum Gasteiger partial charge on any atom is -0.469 e. The van der Waals surface area contributed by atoms with Crippen LogP contribution < -0.4 is 11.1 Å². The van der Waals surface area contributed by atoms with Crippen molar-refractivity contribution >= 4 is 6.02 Å². The molecule has 1 unspecified atom stereocenters. The van der Waals surface area contributed by atoms with E-state index in [2.05, 4.69) is 15.3 Å². The lowest BCUT2D eigenvalue weighted by atomic mass is 10.0. The van der Waals surface area contributed by atoms with E-state index in [0.29, 0.717) is 0 Å². The molecule has 0 saturated carbocycles. The van der Waals surface area contributed by atoms with Gasteiger partial charge < -0.3 is 15.8 Å². The summed E-state index contributed by atoms with van der Waals surface area (Å²) in [6.07, 6.45) is 14.6. The first-order valence-electron chi connectivity index (χ1n) is 9.17. The van der Waals surface area contributed by atoms with Crippen LogP contribution in [0.5, 0.6) is 0 Å². The number of aliphatic imine (C=N–C) groups is 1. The standard InChI is InChI=1S/C19H34N4O/c1-21-13-9-7-5-3-4-6-8-10-18(23-19(20)24-2)16-17-11-14-22-15-12-17/h11-12,14-15,18,21H,3-10,13,16H2,1-2H3,(H2,20,23). The van der Waals surface area contributed by atoms with Crippen molar-refractivity contribution in [2.75, 3.05) is 20.7 Å². The van der Waals surface area contributed by atoms with Gasteiger partial charge in [0.05, 0.1) is 13.2 Å². The van der Waals surface area contributed by atoms with Crippen molar-refractivity contribution in [2.45, 2.75) is 63.8 Å². The number of methoxy groups -OCH3 is 1. The number of ether oxygens (including phenoxy) is 1. The van der Waals surface area contributed by atoms with Gasteiger partial charge in [-0.3, -0.25) is 4.98 Å². The lowest BCUT2D eigenvalue weighted by molar-refractivity contribution is 0.387. The molecule has 0 fully saturated rings. The third-order valence-corrected chi connectivity index (χ3v) is 4.20. The molecule has 3 N–H and O–H groups in total. The molecule has 0 saturated heterocycles. The number of aromatic nitrogens is 1. The molecular formula is C19H34N4O. The number of hydrogen-bond donors (Lipinski definition) is 2. The molecule has 1 aromatic rings. The molecule has 0 bridgehead atoms. The molecule has 5 heteroatoms. The molecule has 0 aromatic carbocycles. The van der Waals surface area contributed by atoms with Crippen LogP contribution in [0.25, 0.3) is 0 Å². The lowest BCUT2D eigenvalue weighted by Gasteiger charge is -2.13. The fraction of sp³-hybridized carbons (Fsp3) is 0.684. The maximum absolute atomic E-state index is 5.75. The number of rotatable bonds is 13. The van der Waals surface area contributed by atoms with Crippen LogP contribution in [0.4, 0.5) is 0 Å². The monoisotopic (exact) mass is 334 g/mol. The second-order valence-electron chi connectivity index (χ2n) is 6.25. The lowest BCUT2D eigenvalue weighted by Crippen LogP contribution is -2.20. The summed E-state index contributed by atoms with van der Waals surface area (Å²) in [5.74, 6) is 0. The second-order valence-corrected chi connectivity index (χ2v) is 6.25. The van der Waals surface area contributed by atoms with E-state index in [0.717, 1.165) is 19.4 Å². The molecule has 1 heterocycles. The topological polar surface area (TPSA) is 72.5 Å².